The summed E-state index contributed by atoms with van der Waals surface area (Å²) in [7, 11) is 0. The Balaban J connectivity index is 2.07. The highest BCUT2D eigenvalue weighted by molar-refractivity contribution is 5.02. The van der Waals surface area contributed by atoms with Crippen LogP contribution in [0.4, 0.5) is 0 Å². The third-order valence-electron chi connectivity index (χ3n) is 4.11. The van der Waals surface area contributed by atoms with Gasteiger partial charge in [-0.1, -0.05) is 0 Å². The van der Waals surface area contributed by atoms with Crippen LogP contribution in [0.1, 0.15) is 54.4 Å². The number of fused-ring (bicyclic) bond motifs is 2. The third kappa shape index (κ3) is 3.25. The molecule has 2 heterocycles. The van der Waals surface area contributed by atoms with Crippen molar-refractivity contribution in [2.45, 2.75) is 83.6 Å². The molecule has 2 rings (SSSR count). The molecule has 106 valence electrons. The summed E-state index contributed by atoms with van der Waals surface area (Å²) in [5.74, 6) is 0. The van der Waals surface area contributed by atoms with Gasteiger partial charge in [-0.25, -0.2) is 0 Å². The van der Waals surface area contributed by atoms with Crippen LogP contribution in [0.2, 0.25) is 0 Å². The summed E-state index contributed by atoms with van der Waals surface area (Å²) in [6.45, 7) is 15.4. The zero-order valence-corrected chi connectivity index (χ0v) is 12.9. The number of hydrogen-bond acceptors (Lipinski definition) is 3. The smallest absolute Gasteiger partial charge is 0.0644 e. The lowest BCUT2D eigenvalue weighted by molar-refractivity contribution is -0.0686. The zero-order valence-electron chi connectivity index (χ0n) is 12.9. The summed E-state index contributed by atoms with van der Waals surface area (Å²) in [6, 6.07) is 1.83. The SMILES string of the molecule is CC(C)(C)OC[C@@H]1[C@H]2CC[C@@H](CN1C(C)(C)C)N2. The fourth-order valence-electron chi connectivity index (χ4n) is 3.20. The lowest BCUT2D eigenvalue weighted by Gasteiger charge is -2.48. The van der Waals surface area contributed by atoms with E-state index >= 15 is 0 Å². The zero-order chi connectivity index (χ0) is 13.6. The monoisotopic (exact) mass is 254 g/mol. The lowest BCUT2D eigenvalue weighted by atomic mass is 9.97. The first kappa shape index (κ1) is 14.3. The molecule has 2 saturated heterocycles. The van der Waals surface area contributed by atoms with Crippen molar-refractivity contribution in [1.82, 2.24) is 10.2 Å². The van der Waals surface area contributed by atoms with E-state index in [-0.39, 0.29) is 11.1 Å². The van der Waals surface area contributed by atoms with Gasteiger partial charge in [0.25, 0.3) is 0 Å². The molecule has 18 heavy (non-hydrogen) atoms. The Hall–Kier alpha value is -0.120. The summed E-state index contributed by atoms with van der Waals surface area (Å²) in [5, 5.41) is 3.76. The largest absolute Gasteiger partial charge is 0.374 e. The molecular weight excluding hydrogens is 224 g/mol. The van der Waals surface area contributed by atoms with E-state index in [0.29, 0.717) is 18.1 Å². The number of nitrogens with zero attached hydrogens (tertiary/aromatic N) is 1. The van der Waals surface area contributed by atoms with E-state index < -0.39 is 0 Å². The standard InChI is InChI=1S/C15H30N2O/c1-14(2,3)17-9-11-7-8-12(16-11)13(17)10-18-15(4,5)6/h11-13,16H,7-10H2,1-6H3/t11-,12+,13+/m0/s1. The molecule has 0 aromatic rings. The van der Waals surface area contributed by atoms with E-state index in [1.54, 1.807) is 0 Å². The average molecular weight is 254 g/mol. The minimum absolute atomic E-state index is 0.0427. The summed E-state index contributed by atoms with van der Waals surface area (Å²) in [6.07, 6.45) is 2.62. The first-order valence-electron chi connectivity index (χ1n) is 7.33. The predicted octanol–water partition coefficient (Wildman–Crippen LogP) is 2.40. The van der Waals surface area contributed by atoms with Crippen molar-refractivity contribution in [3.05, 3.63) is 0 Å². The van der Waals surface area contributed by atoms with Gasteiger partial charge >= 0.3 is 0 Å². The molecule has 2 aliphatic heterocycles. The van der Waals surface area contributed by atoms with Crippen LogP contribution in [0.5, 0.6) is 0 Å². The maximum Gasteiger partial charge on any atom is 0.0644 e. The van der Waals surface area contributed by atoms with Crippen molar-refractivity contribution < 1.29 is 4.74 Å². The lowest BCUT2D eigenvalue weighted by Crippen LogP contribution is -2.64. The Kier molecular flexibility index (Phi) is 3.79. The fraction of sp³-hybridized carbons (Fsp3) is 1.00. The van der Waals surface area contributed by atoms with Gasteiger partial charge in [0, 0.05) is 30.2 Å². The number of rotatable bonds is 2. The van der Waals surface area contributed by atoms with Crippen molar-refractivity contribution in [1.29, 1.82) is 0 Å². The number of ether oxygens (including phenoxy) is 1. The van der Waals surface area contributed by atoms with Crippen molar-refractivity contribution in [2.75, 3.05) is 13.2 Å². The Morgan fingerprint density at radius 1 is 1.11 bits per heavy atom. The second-order valence-electron chi connectivity index (χ2n) is 7.86. The molecule has 2 aliphatic rings. The summed E-state index contributed by atoms with van der Waals surface area (Å²) in [5.41, 5.74) is 0.188. The average Bonchev–Trinajstić information content (AvgIpc) is 2.56. The summed E-state index contributed by atoms with van der Waals surface area (Å²) < 4.78 is 6.06. The van der Waals surface area contributed by atoms with Crippen LogP contribution < -0.4 is 5.32 Å². The van der Waals surface area contributed by atoms with Crippen LogP contribution >= 0.6 is 0 Å². The molecule has 0 unspecified atom stereocenters. The Bertz CT molecular complexity index is 290. The van der Waals surface area contributed by atoms with Crippen molar-refractivity contribution in [3.8, 4) is 0 Å². The first-order valence-corrected chi connectivity index (χ1v) is 7.33. The Morgan fingerprint density at radius 2 is 1.78 bits per heavy atom. The molecule has 3 atom stereocenters. The van der Waals surface area contributed by atoms with Crippen LogP contribution in [-0.4, -0.2) is 47.3 Å². The summed E-state index contributed by atoms with van der Waals surface area (Å²) in [4.78, 5) is 2.65. The minimum Gasteiger partial charge on any atom is -0.374 e. The third-order valence-corrected chi connectivity index (χ3v) is 4.11. The van der Waals surface area contributed by atoms with Gasteiger partial charge < -0.3 is 10.1 Å². The quantitative estimate of drug-likeness (QED) is 0.819. The fourth-order valence-corrected chi connectivity index (χ4v) is 3.20. The molecule has 0 saturated carbocycles. The molecule has 0 aromatic carbocycles. The maximum atomic E-state index is 6.06. The van der Waals surface area contributed by atoms with E-state index in [4.69, 9.17) is 4.74 Å². The Labute approximate surface area is 112 Å². The van der Waals surface area contributed by atoms with Crippen molar-refractivity contribution in [2.24, 2.45) is 0 Å². The van der Waals surface area contributed by atoms with E-state index in [1.165, 1.54) is 12.8 Å². The predicted molar refractivity (Wildman–Crippen MR) is 75.9 cm³/mol. The maximum absolute atomic E-state index is 6.06. The number of piperazine rings is 1. The molecule has 0 aromatic heterocycles. The summed E-state index contributed by atoms with van der Waals surface area (Å²) >= 11 is 0. The van der Waals surface area contributed by atoms with Gasteiger partial charge in [0.2, 0.25) is 0 Å². The van der Waals surface area contributed by atoms with Crippen LogP contribution in [0.15, 0.2) is 0 Å². The number of nitrogens with one attached hydrogen (secondary N) is 1. The van der Waals surface area contributed by atoms with Gasteiger partial charge in [0.1, 0.15) is 0 Å². The van der Waals surface area contributed by atoms with Gasteiger partial charge in [0.15, 0.2) is 0 Å². The van der Waals surface area contributed by atoms with Crippen molar-refractivity contribution in [3.63, 3.8) is 0 Å². The van der Waals surface area contributed by atoms with E-state index in [2.05, 4.69) is 51.8 Å². The number of hydrogen-bond donors (Lipinski definition) is 1. The van der Waals surface area contributed by atoms with Gasteiger partial charge in [-0.2, -0.15) is 0 Å². The van der Waals surface area contributed by atoms with E-state index in [9.17, 15) is 0 Å². The molecule has 0 spiro atoms. The minimum atomic E-state index is -0.0427. The first-order chi connectivity index (χ1) is 8.17. The molecule has 3 heteroatoms. The van der Waals surface area contributed by atoms with Crippen molar-refractivity contribution >= 4 is 0 Å². The second-order valence-corrected chi connectivity index (χ2v) is 7.86. The molecule has 1 N–H and O–H groups in total. The highest BCUT2D eigenvalue weighted by Gasteiger charge is 2.44. The van der Waals surface area contributed by atoms with Gasteiger partial charge in [-0.3, -0.25) is 4.90 Å². The Morgan fingerprint density at radius 3 is 2.33 bits per heavy atom. The second kappa shape index (κ2) is 4.77. The molecule has 2 bridgehead atoms. The van der Waals surface area contributed by atoms with Crippen LogP contribution in [0.25, 0.3) is 0 Å². The van der Waals surface area contributed by atoms with E-state index in [1.807, 2.05) is 0 Å². The normalized spacial score (nSPS) is 34.0. The number of likely N-dealkylation sites (tertiary alicyclic amines) is 1. The molecule has 0 aliphatic carbocycles. The van der Waals surface area contributed by atoms with Gasteiger partial charge in [-0.15, -0.1) is 0 Å². The molecule has 2 fully saturated rings. The van der Waals surface area contributed by atoms with Crippen LogP contribution in [-0.2, 0) is 4.74 Å². The molecular formula is C15H30N2O. The van der Waals surface area contributed by atoms with Gasteiger partial charge in [0.05, 0.1) is 12.2 Å². The highest BCUT2D eigenvalue weighted by Crippen LogP contribution is 2.31. The van der Waals surface area contributed by atoms with Crippen LogP contribution in [0.3, 0.4) is 0 Å². The highest BCUT2D eigenvalue weighted by atomic mass is 16.5. The molecule has 0 amide bonds. The topological polar surface area (TPSA) is 24.5 Å². The van der Waals surface area contributed by atoms with E-state index in [0.717, 1.165) is 13.2 Å². The van der Waals surface area contributed by atoms with Gasteiger partial charge in [-0.05, 0) is 54.4 Å². The molecule has 0 radical (unpaired) electrons. The van der Waals surface area contributed by atoms with Crippen LogP contribution in [0, 0.1) is 0 Å². The molecule has 3 nitrogen and oxygen atoms in total.